The van der Waals surface area contributed by atoms with Crippen LogP contribution in [0.5, 0.6) is 0 Å². The molecule has 0 heterocycles. The second-order valence-electron chi connectivity index (χ2n) is 5.73. The van der Waals surface area contributed by atoms with Crippen LogP contribution in [0.2, 0.25) is 0 Å². The number of carbonyl (C=O) groups excluding carboxylic acids is 1. The number of benzene rings is 2. The van der Waals surface area contributed by atoms with E-state index in [2.05, 4.69) is 21.2 Å². The third kappa shape index (κ3) is 5.37. The van der Waals surface area contributed by atoms with E-state index in [1.165, 1.54) is 12.1 Å². The summed E-state index contributed by atoms with van der Waals surface area (Å²) in [6.07, 6.45) is 0. The molecule has 0 bridgehead atoms. The van der Waals surface area contributed by atoms with E-state index in [1.807, 2.05) is 43.1 Å². The van der Waals surface area contributed by atoms with Crippen LogP contribution < -0.4 is 10.5 Å². The minimum absolute atomic E-state index is 0.0674. The summed E-state index contributed by atoms with van der Waals surface area (Å²) >= 11 is 3.39. The Morgan fingerprint density at radius 3 is 2.36 bits per heavy atom. The van der Waals surface area contributed by atoms with E-state index in [0.29, 0.717) is 5.69 Å². The predicted octanol–water partition coefficient (Wildman–Crippen LogP) is 2.73. The van der Waals surface area contributed by atoms with Gasteiger partial charge in [-0.3, -0.25) is 9.69 Å². The molecule has 2 aromatic carbocycles. The lowest BCUT2D eigenvalue weighted by molar-refractivity contribution is -0.117. The fourth-order valence-corrected chi connectivity index (χ4v) is 3.21. The van der Waals surface area contributed by atoms with Gasteiger partial charge in [-0.15, -0.1) is 0 Å². The van der Waals surface area contributed by atoms with Crippen molar-refractivity contribution < 1.29 is 13.2 Å². The zero-order chi connectivity index (χ0) is 18.6. The summed E-state index contributed by atoms with van der Waals surface area (Å²) < 4.78 is 23.4. The van der Waals surface area contributed by atoms with Gasteiger partial charge in [-0.05, 0) is 59.7 Å². The molecule has 1 amide bonds. The Balaban J connectivity index is 2.01. The lowest BCUT2D eigenvalue weighted by Gasteiger charge is -2.24. The van der Waals surface area contributed by atoms with Crippen LogP contribution in [0.15, 0.2) is 57.9 Å². The Hall–Kier alpha value is -1.74. The van der Waals surface area contributed by atoms with Gasteiger partial charge in [0.15, 0.2) is 0 Å². The average molecular weight is 426 g/mol. The van der Waals surface area contributed by atoms with E-state index in [-0.39, 0.29) is 23.4 Å². The normalized spacial score (nSPS) is 12.8. The molecule has 8 heteroatoms. The highest BCUT2D eigenvalue weighted by Crippen LogP contribution is 2.22. The smallest absolute Gasteiger partial charge is 0.238 e. The van der Waals surface area contributed by atoms with Crippen LogP contribution in [0.4, 0.5) is 5.69 Å². The summed E-state index contributed by atoms with van der Waals surface area (Å²) in [7, 11) is -1.87. The standard InChI is InChI=1S/C17H20BrN3O3S/c1-12(13-7-9-14(10-8-13)25(19,23)24)21(2)11-17(22)20-16-6-4-3-5-15(16)18/h3-10,12H,11H2,1-2H3,(H,20,22)(H2,19,23,24). The minimum Gasteiger partial charge on any atom is -0.324 e. The third-order valence-corrected chi connectivity index (χ3v) is 5.51. The Bertz CT molecular complexity index is 854. The molecular formula is C17H20BrN3O3S. The van der Waals surface area contributed by atoms with Crippen molar-refractivity contribution in [3.8, 4) is 0 Å². The second kappa shape index (κ2) is 8.09. The second-order valence-corrected chi connectivity index (χ2v) is 8.15. The number of carbonyl (C=O) groups is 1. The van der Waals surface area contributed by atoms with E-state index >= 15 is 0 Å². The van der Waals surface area contributed by atoms with Crippen molar-refractivity contribution in [3.63, 3.8) is 0 Å². The van der Waals surface area contributed by atoms with Gasteiger partial charge in [0.25, 0.3) is 0 Å². The molecule has 0 fully saturated rings. The third-order valence-electron chi connectivity index (χ3n) is 3.89. The molecule has 0 aliphatic carbocycles. The minimum atomic E-state index is -3.71. The van der Waals surface area contributed by atoms with E-state index < -0.39 is 10.0 Å². The topological polar surface area (TPSA) is 92.5 Å². The molecule has 2 rings (SSSR count). The Kier molecular flexibility index (Phi) is 6.34. The van der Waals surface area contributed by atoms with E-state index in [9.17, 15) is 13.2 Å². The number of hydrogen-bond acceptors (Lipinski definition) is 4. The molecule has 0 saturated carbocycles. The molecular weight excluding hydrogens is 406 g/mol. The first-order valence-electron chi connectivity index (χ1n) is 7.56. The molecule has 6 nitrogen and oxygen atoms in total. The summed E-state index contributed by atoms with van der Waals surface area (Å²) in [6.45, 7) is 2.14. The van der Waals surface area contributed by atoms with Gasteiger partial charge in [-0.1, -0.05) is 24.3 Å². The maximum absolute atomic E-state index is 12.2. The summed E-state index contributed by atoms with van der Waals surface area (Å²) in [5, 5.41) is 7.95. The molecule has 3 N–H and O–H groups in total. The Morgan fingerprint density at radius 2 is 1.80 bits per heavy atom. The Labute approximate surface area is 156 Å². The number of likely N-dealkylation sites (N-methyl/N-ethyl adjacent to an activating group) is 1. The SMILES string of the molecule is CC(c1ccc(S(N)(=O)=O)cc1)N(C)CC(=O)Nc1ccccc1Br. The number of halogens is 1. The van der Waals surface area contributed by atoms with E-state index in [4.69, 9.17) is 5.14 Å². The lowest BCUT2D eigenvalue weighted by atomic mass is 10.1. The summed E-state index contributed by atoms with van der Waals surface area (Å²) in [4.78, 5) is 14.2. The number of hydrogen-bond donors (Lipinski definition) is 2. The van der Waals surface area contributed by atoms with Crippen molar-refractivity contribution in [2.24, 2.45) is 5.14 Å². The van der Waals surface area contributed by atoms with Crippen molar-refractivity contribution in [3.05, 3.63) is 58.6 Å². The number of anilines is 1. The molecule has 25 heavy (non-hydrogen) atoms. The summed E-state index contributed by atoms with van der Waals surface area (Å²) in [5.74, 6) is -0.137. The number of sulfonamides is 1. The fraction of sp³-hybridized carbons (Fsp3) is 0.235. The highest BCUT2D eigenvalue weighted by molar-refractivity contribution is 9.10. The average Bonchev–Trinajstić information content (AvgIpc) is 2.55. The van der Waals surface area contributed by atoms with Gasteiger partial charge in [-0.2, -0.15) is 0 Å². The first-order chi connectivity index (χ1) is 11.7. The molecule has 1 unspecified atom stereocenters. The molecule has 2 aromatic rings. The van der Waals surface area contributed by atoms with Crippen LogP contribution in [0.3, 0.4) is 0 Å². The first-order valence-corrected chi connectivity index (χ1v) is 9.90. The number of nitrogens with two attached hydrogens (primary N) is 1. The number of rotatable bonds is 6. The number of nitrogens with one attached hydrogen (secondary N) is 1. The van der Waals surface area contributed by atoms with Gasteiger partial charge >= 0.3 is 0 Å². The molecule has 134 valence electrons. The van der Waals surface area contributed by atoms with E-state index in [1.54, 1.807) is 12.1 Å². The summed E-state index contributed by atoms with van der Waals surface area (Å²) in [6, 6.07) is 13.7. The van der Waals surface area contributed by atoms with E-state index in [0.717, 1.165) is 10.0 Å². The van der Waals surface area contributed by atoms with Crippen LogP contribution in [-0.4, -0.2) is 32.8 Å². The molecule has 1 atom stereocenters. The molecule has 0 aliphatic heterocycles. The summed E-state index contributed by atoms with van der Waals surface area (Å²) in [5.41, 5.74) is 1.61. The van der Waals surface area contributed by atoms with Crippen LogP contribution in [0.1, 0.15) is 18.5 Å². The maximum Gasteiger partial charge on any atom is 0.238 e. The highest BCUT2D eigenvalue weighted by Gasteiger charge is 2.16. The molecule has 0 radical (unpaired) electrons. The first kappa shape index (κ1) is 19.6. The predicted molar refractivity (Wildman–Crippen MR) is 102 cm³/mol. The Morgan fingerprint density at radius 1 is 1.20 bits per heavy atom. The van der Waals surface area contributed by atoms with Crippen LogP contribution in [0.25, 0.3) is 0 Å². The van der Waals surface area contributed by atoms with Gasteiger partial charge in [-0.25, -0.2) is 13.6 Å². The number of para-hydroxylation sites is 1. The number of primary sulfonamides is 1. The zero-order valence-corrected chi connectivity index (χ0v) is 16.3. The largest absolute Gasteiger partial charge is 0.324 e. The van der Waals surface area contributed by atoms with Crippen molar-refractivity contribution >= 4 is 37.5 Å². The quantitative estimate of drug-likeness (QED) is 0.743. The van der Waals surface area contributed by atoms with Crippen molar-refractivity contribution in [1.29, 1.82) is 0 Å². The van der Waals surface area contributed by atoms with Crippen LogP contribution in [0, 0.1) is 0 Å². The monoisotopic (exact) mass is 425 g/mol. The van der Waals surface area contributed by atoms with Crippen molar-refractivity contribution in [1.82, 2.24) is 4.90 Å². The highest BCUT2D eigenvalue weighted by atomic mass is 79.9. The number of amides is 1. The molecule has 0 spiro atoms. The molecule has 0 aromatic heterocycles. The number of nitrogens with zero attached hydrogens (tertiary/aromatic N) is 1. The van der Waals surface area contributed by atoms with Gasteiger partial charge in [0, 0.05) is 10.5 Å². The van der Waals surface area contributed by atoms with Crippen LogP contribution >= 0.6 is 15.9 Å². The fourth-order valence-electron chi connectivity index (χ4n) is 2.31. The maximum atomic E-state index is 12.2. The van der Waals surface area contributed by atoms with Gasteiger partial charge in [0.05, 0.1) is 17.1 Å². The zero-order valence-electron chi connectivity index (χ0n) is 13.9. The van der Waals surface area contributed by atoms with Gasteiger partial charge in [0.2, 0.25) is 15.9 Å². The van der Waals surface area contributed by atoms with Gasteiger partial charge < -0.3 is 5.32 Å². The van der Waals surface area contributed by atoms with Crippen LogP contribution in [-0.2, 0) is 14.8 Å². The molecule has 0 saturated heterocycles. The molecule has 0 aliphatic rings. The van der Waals surface area contributed by atoms with Gasteiger partial charge in [0.1, 0.15) is 0 Å². The van der Waals surface area contributed by atoms with Crippen molar-refractivity contribution in [2.45, 2.75) is 17.9 Å². The van der Waals surface area contributed by atoms with Crippen molar-refractivity contribution in [2.75, 3.05) is 18.9 Å². The lowest BCUT2D eigenvalue weighted by Crippen LogP contribution is -2.32.